The highest BCUT2D eigenvalue weighted by atomic mass is 16.5. The number of amides is 1. The molecule has 1 saturated carbocycles. The Labute approximate surface area is 110 Å². The largest absolute Gasteiger partial charge is 0.504 e. The van der Waals surface area contributed by atoms with Crippen LogP contribution in [0.5, 0.6) is 11.5 Å². The van der Waals surface area contributed by atoms with Crippen molar-refractivity contribution in [3.05, 3.63) is 23.8 Å². The summed E-state index contributed by atoms with van der Waals surface area (Å²) in [5, 5.41) is 21.2. The molecule has 1 aromatic rings. The summed E-state index contributed by atoms with van der Waals surface area (Å²) in [6.07, 6.45) is 1.63. The van der Waals surface area contributed by atoms with E-state index >= 15 is 0 Å². The van der Waals surface area contributed by atoms with Crippen LogP contribution in [-0.4, -0.2) is 34.7 Å². The monoisotopic (exact) mass is 265 g/mol. The van der Waals surface area contributed by atoms with Gasteiger partial charge in [-0.1, -0.05) is 0 Å². The lowest BCUT2D eigenvalue weighted by Gasteiger charge is -2.38. The number of carbonyl (C=O) groups is 2. The average molecular weight is 265 g/mol. The fourth-order valence-electron chi connectivity index (χ4n) is 2.04. The summed E-state index contributed by atoms with van der Waals surface area (Å²) in [5.41, 5.74) is -0.960. The molecule has 0 radical (unpaired) electrons. The number of carboxylic acids is 1. The second kappa shape index (κ2) is 4.79. The van der Waals surface area contributed by atoms with E-state index in [-0.39, 0.29) is 17.1 Å². The third-order valence-corrected chi connectivity index (χ3v) is 3.41. The molecule has 0 bridgehead atoms. The van der Waals surface area contributed by atoms with Gasteiger partial charge in [-0.15, -0.1) is 0 Å². The highest BCUT2D eigenvalue weighted by Crippen LogP contribution is 2.33. The first-order valence-corrected chi connectivity index (χ1v) is 5.91. The number of carbonyl (C=O) groups excluding carboxylic acids is 1. The van der Waals surface area contributed by atoms with E-state index in [9.17, 15) is 14.7 Å². The molecule has 19 heavy (non-hydrogen) atoms. The van der Waals surface area contributed by atoms with Crippen molar-refractivity contribution in [3.63, 3.8) is 0 Å². The fourth-order valence-corrected chi connectivity index (χ4v) is 2.04. The molecule has 1 fully saturated rings. The van der Waals surface area contributed by atoms with Crippen molar-refractivity contribution in [1.82, 2.24) is 5.32 Å². The number of carboxylic acid groups (broad SMARTS) is 1. The minimum Gasteiger partial charge on any atom is -0.504 e. The summed E-state index contributed by atoms with van der Waals surface area (Å²) in [4.78, 5) is 23.1. The minimum atomic E-state index is -1.16. The highest BCUT2D eigenvalue weighted by Gasteiger charge is 2.45. The molecule has 1 aliphatic carbocycles. The van der Waals surface area contributed by atoms with Crippen LogP contribution in [0.15, 0.2) is 18.2 Å². The lowest BCUT2D eigenvalue weighted by atomic mass is 9.76. The van der Waals surface area contributed by atoms with Crippen LogP contribution in [-0.2, 0) is 4.79 Å². The number of hydrogen-bond acceptors (Lipinski definition) is 4. The average Bonchev–Trinajstić information content (AvgIpc) is 2.32. The van der Waals surface area contributed by atoms with Crippen LogP contribution in [0.1, 0.15) is 29.6 Å². The third-order valence-electron chi connectivity index (χ3n) is 3.41. The molecular formula is C13H15NO5. The second-order valence-corrected chi connectivity index (χ2v) is 4.58. The van der Waals surface area contributed by atoms with Crippen LogP contribution < -0.4 is 10.1 Å². The van der Waals surface area contributed by atoms with E-state index in [1.165, 1.54) is 25.3 Å². The van der Waals surface area contributed by atoms with Gasteiger partial charge in [-0.3, -0.25) is 4.79 Å². The summed E-state index contributed by atoms with van der Waals surface area (Å²) in [6, 6.07) is 4.18. The highest BCUT2D eigenvalue weighted by molar-refractivity contribution is 5.98. The molecule has 1 aromatic carbocycles. The molecular weight excluding hydrogens is 250 g/mol. The first-order chi connectivity index (χ1) is 8.98. The van der Waals surface area contributed by atoms with Crippen LogP contribution >= 0.6 is 0 Å². The SMILES string of the molecule is COc1ccc(C(=O)NC2(C(=O)O)CCC2)cc1O. The van der Waals surface area contributed by atoms with Gasteiger partial charge in [-0.25, -0.2) is 4.79 Å². The molecule has 6 nitrogen and oxygen atoms in total. The number of aliphatic carboxylic acids is 1. The van der Waals surface area contributed by atoms with Gasteiger partial charge in [-0.2, -0.15) is 0 Å². The number of methoxy groups -OCH3 is 1. The molecule has 0 heterocycles. The smallest absolute Gasteiger partial charge is 0.329 e. The van der Waals surface area contributed by atoms with Crippen LogP contribution in [0.25, 0.3) is 0 Å². The Kier molecular flexibility index (Phi) is 3.33. The minimum absolute atomic E-state index is 0.159. The number of phenolic OH excluding ortho intramolecular Hbond substituents is 1. The number of rotatable bonds is 4. The van der Waals surface area contributed by atoms with Crippen molar-refractivity contribution in [3.8, 4) is 11.5 Å². The summed E-state index contributed by atoms with van der Waals surface area (Å²) < 4.78 is 4.88. The lowest BCUT2D eigenvalue weighted by Crippen LogP contribution is -2.59. The Bertz CT molecular complexity index is 522. The number of aromatic hydroxyl groups is 1. The van der Waals surface area contributed by atoms with Crippen LogP contribution in [0.3, 0.4) is 0 Å². The topological polar surface area (TPSA) is 95.9 Å². The Morgan fingerprint density at radius 1 is 1.37 bits per heavy atom. The van der Waals surface area contributed by atoms with Crippen LogP contribution in [0.2, 0.25) is 0 Å². The summed E-state index contributed by atoms with van der Waals surface area (Å²) in [5.74, 6) is -1.44. The predicted octanol–water partition coefficient (Wildman–Crippen LogP) is 1.14. The third kappa shape index (κ3) is 2.33. The van der Waals surface area contributed by atoms with E-state index in [4.69, 9.17) is 9.84 Å². The van der Waals surface area contributed by atoms with Crippen LogP contribution in [0.4, 0.5) is 0 Å². The normalized spacial score (nSPS) is 16.3. The summed E-state index contributed by atoms with van der Waals surface area (Å²) in [6.45, 7) is 0. The van der Waals surface area contributed by atoms with Crippen molar-refractivity contribution in [1.29, 1.82) is 0 Å². The van der Waals surface area contributed by atoms with E-state index in [1.807, 2.05) is 0 Å². The quantitative estimate of drug-likeness (QED) is 0.758. The van der Waals surface area contributed by atoms with E-state index in [2.05, 4.69) is 5.32 Å². The summed E-state index contributed by atoms with van der Waals surface area (Å²) >= 11 is 0. The molecule has 3 N–H and O–H groups in total. The fraction of sp³-hybridized carbons (Fsp3) is 0.385. The van der Waals surface area contributed by atoms with Gasteiger partial charge in [0, 0.05) is 5.56 Å². The number of benzene rings is 1. The van der Waals surface area contributed by atoms with Gasteiger partial charge in [0.1, 0.15) is 5.54 Å². The molecule has 102 valence electrons. The van der Waals surface area contributed by atoms with E-state index in [0.29, 0.717) is 12.8 Å². The molecule has 1 aliphatic rings. The van der Waals surface area contributed by atoms with Gasteiger partial charge in [0.25, 0.3) is 5.91 Å². The predicted molar refractivity (Wildman–Crippen MR) is 66.3 cm³/mol. The van der Waals surface area contributed by atoms with Gasteiger partial charge in [-0.05, 0) is 37.5 Å². The Morgan fingerprint density at radius 2 is 2.05 bits per heavy atom. The zero-order valence-corrected chi connectivity index (χ0v) is 10.5. The number of phenols is 1. The molecule has 0 unspecified atom stereocenters. The lowest BCUT2D eigenvalue weighted by molar-refractivity contribution is -0.148. The van der Waals surface area contributed by atoms with E-state index < -0.39 is 17.4 Å². The first kappa shape index (κ1) is 13.2. The molecule has 2 rings (SSSR count). The van der Waals surface area contributed by atoms with Gasteiger partial charge in [0.15, 0.2) is 11.5 Å². The van der Waals surface area contributed by atoms with E-state index in [1.54, 1.807) is 0 Å². The van der Waals surface area contributed by atoms with E-state index in [0.717, 1.165) is 6.42 Å². The zero-order valence-electron chi connectivity index (χ0n) is 10.5. The molecule has 6 heteroatoms. The summed E-state index contributed by atoms with van der Waals surface area (Å²) in [7, 11) is 1.41. The van der Waals surface area contributed by atoms with Crippen molar-refractivity contribution >= 4 is 11.9 Å². The maximum Gasteiger partial charge on any atom is 0.329 e. The van der Waals surface area contributed by atoms with Crippen molar-refractivity contribution in [2.45, 2.75) is 24.8 Å². The van der Waals surface area contributed by atoms with Crippen molar-refractivity contribution < 1.29 is 24.5 Å². The second-order valence-electron chi connectivity index (χ2n) is 4.58. The van der Waals surface area contributed by atoms with Gasteiger partial charge in [0.2, 0.25) is 0 Å². The number of hydrogen-bond donors (Lipinski definition) is 3. The van der Waals surface area contributed by atoms with Crippen molar-refractivity contribution in [2.75, 3.05) is 7.11 Å². The van der Waals surface area contributed by atoms with Crippen molar-refractivity contribution in [2.24, 2.45) is 0 Å². The molecule has 0 atom stereocenters. The molecule has 0 aliphatic heterocycles. The van der Waals surface area contributed by atoms with Gasteiger partial charge >= 0.3 is 5.97 Å². The maximum atomic E-state index is 12.0. The Balaban J connectivity index is 2.16. The molecule has 0 saturated heterocycles. The Morgan fingerprint density at radius 3 is 2.47 bits per heavy atom. The zero-order chi connectivity index (χ0) is 14.0. The van der Waals surface area contributed by atoms with Crippen LogP contribution in [0, 0.1) is 0 Å². The maximum absolute atomic E-state index is 12.0. The number of nitrogens with one attached hydrogen (secondary N) is 1. The standard InChI is InChI=1S/C13H15NO5/c1-19-10-4-3-8(7-9(10)15)11(16)14-13(12(17)18)5-2-6-13/h3-4,7,15H,2,5-6H2,1H3,(H,14,16)(H,17,18). The molecule has 0 aromatic heterocycles. The molecule has 1 amide bonds. The number of ether oxygens (including phenoxy) is 1. The Hall–Kier alpha value is -2.24. The molecule has 0 spiro atoms. The van der Waals surface area contributed by atoms with Gasteiger partial charge < -0.3 is 20.3 Å². The first-order valence-electron chi connectivity index (χ1n) is 5.91. The van der Waals surface area contributed by atoms with Gasteiger partial charge in [0.05, 0.1) is 7.11 Å².